The van der Waals surface area contributed by atoms with E-state index >= 15 is 0 Å². The average molecular weight is 517 g/mol. The van der Waals surface area contributed by atoms with Crippen LogP contribution in [0.4, 0.5) is 5.82 Å². The molecule has 29 heavy (non-hydrogen) atoms. The minimum absolute atomic E-state index is 0. The van der Waals surface area contributed by atoms with Crippen molar-refractivity contribution in [3.05, 3.63) is 23.9 Å². The van der Waals surface area contributed by atoms with Crippen LogP contribution in [0.25, 0.3) is 0 Å². The largest absolute Gasteiger partial charge is 0.357 e. The number of hydrogen-bond acceptors (Lipinski definition) is 4. The van der Waals surface area contributed by atoms with Gasteiger partial charge in [0, 0.05) is 45.0 Å². The molecule has 166 valence electrons. The molecule has 1 aliphatic rings. The summed E-state index contributed by atoms with van der Waals surface area (Å²) < 4.78 is 0. The first-order valence-corrected chi connectivity index (χ1v) is 10.9. The van der Waals surface area contributed by atoms with E-state index in [2.05, 4.69) is 72.3 Å². The highest BCUT2D eigenvalue weighted by atomic mass is 127. The van der Waals surface area contributed by atoms with Crippen LogP contribution in [0.15, 0.2) is 23.3 Å². The molecule has 0 aliphatic carbocycles. The third kappa shape index (κ3) is 9.98. The minimum Gasteiger partial charge on any atom is -0.357 e. The van der Waals surface area contributed by atoms with E-state index in [1.807, 2.05) is 6.20 Å². The molecule has 2 heterocycles. The number of likely N-dealkylation sites (N-methyl/N-ethyl adjacent to an activating group) is 1. The van der Waals surface area contributed by atoms with Crippen molar-refractivity contribution in [2.75, 3.05) is 44.7 Å². The summed E-state index contributed by atoms with van der Waals surface area (Å²) in [4.78, 5) is 14.1. The number of nitrogens with one attached hydrogen (secondary N) is 2. The summed E-state index contributed by atoms with van der Waals surface area (Å²) in [7, 11) is 2.17. The van der Waals surface area contributed by atoms with Crippen LogP contribution in [0.2, 0.25) is 0 Å². The van der Waals surface area contributed by atoms with Crippen molar-refractivity contribution in [2.24, 2.45) is 10.9 Å². The monoisotopic (exact) mass is 516 g/mol. The van der Waals surface area contributed by atoms with Crippen LogP contribution in [-0.4, -0.2) is 61.7 Å². The van der Waals surface area contributed by atoms with E-state index in [-0.39, 0.29) is 24.0 Å². The molecule has 0 radical (unpaired) electrons. The van der Waals surface area contributed by atoms with Crippen LogP contribution in [0, 0.1) is 5.92 Å². The molecule has 2 N–H and O–H groups in total. The van der Waals surface area contributed by atoms with Crippen LogP contribution in [0.5, 0.6) is 0 Å². The Morgan fingerprint density at radius 1 is 1.14 bits per heavy atom. The Labute approximate surface area is 195 Å². The van der Waals surface area contributed by atoms with E-state index in [4.69, 9.17) is 4.99 Å². The third-order valence-corrected chi connectivity index (χ3v) is 5.20. The van der Waals surface area contributed by atoms with Gasteiger partial charge in [0.15, 0.2) is 5.96 Å². The molecule has 2 rings (SSSR count). The summed E-state index contributed by atoms with van der Waals surface area (Å²) in [5.74, 6) is 2.74. The normalized spacial score (nSPS) is 16.5. The molecule has 0 aromatic carbocycles. The lowest BCUT2D eigenvalue weighted by Crippen LogP contribution is -2.44. The van der Waals surface area contributed by atoms with Crippen molar-refractivity contribution in [3.63, 3.8) is 0 Å². The maximum absolute atomic E-state index is 4.75. The van der Waals surface area contributed by atoms with E-state index in [9.17, 15) is 0 Å². The average Bonchev–Trinajstić information content (AvgIpc) is 2.67. The number of halogens is 1. The van der Waals surface area contributed by atoms with E-state index in [1.165, 1.54) is 19.3 Å². The van der Waals surface area contributed by atoms with Crippen molar-refractivity contribution in [2.45, 2.75) is 59.5 Å². The summed E-state index contributed by atoms with van der Waals surface area (Å²) in [6, 6.07) is 4.71. The second-order valence-corrected chi connectivity index (χ2v) is 8.38. The molecular formula is C22H41IN6. The SMILES string of the molecule is CCNC(=NCc1ccc(N2CCN(C)CC2)nc1)NC(C)CCCC(C)C.I. The highest BCUT2D eigenvalue weighted by Crippen LogP contribution is 2.14. The van der Waals surface area contributed by atoms with Crippen LogP contribution in [0.3, 0.4) is 0 Å². The van der Waals surface area contributed by atoms with Crippen LogP contribution >= 0.6 is 24.0 Å². The smallest absolute Gasteiger partial charge is 0.191 e. The molecule has 1 aliphatic heterocycles. The fraction of sp³-hybridized carbons (Fsp3) is 0.727. The fourth-order valence-corrected chi connectivity index (χ4v) is 3.36. The van der Waals surface area contributed by atoms with Gasteiger partial charge in [-0.05, 0) is 44.9 Å². The second-order valence-electron chi connectivity index (χ2n) is 8.38. The summed E-state index contributed by atoms with van der Waals surface area (Å²) in [6.45, 7) is 14.7. The Hall–Kier alpha value is -1.09. The molecule has 0 saturated carbocycles. The molecule has 1 saturated heterocycles. The van der Waals surface area contributed by atoms with Crippen molar-refractivity contribution in [1.29, 1.82) is 0 Å². The first kappa shape index (κ1) is 25.9. The number of hydrogen-bond donors (Lipinski definition) is 2. The molecule has 0 amide bonds. The van der Waals surface area contributed by atoms with E-state index in [0.29, 0.717) is 12.6 Å². The molecule has 1 fully saturated rings. The number of rotatable bonds is 9. The molecular weight excluding hydrogens is 475 g/mol. The molecule has 1 aromatic heterocycles. The van der Waals surface area contributed by atoms with Gasteiger partial charge in [-0.1, -0.05) is 32.8 Å². The molecule has 6 nitrogen and oxygen atoms in total. The second kappa shape index (κ2) is 14.0. The molecule has 0 spiro atoms. The number of guanidine groups is 1. The summed E-state index contributed by atoms with van der Waals surface area (Å²) in [5.41, 5.74) is 1.14. The van der Waals surface area contributed by atoms with Gasteiger partial charge in [0.2, 0.25) is 0 Å². The Kier molecular flexibility index (Phi) is 12.5. The van der Waals surface area contributed by atoms with Crippen molar-refractivity contribution < 1.29 is 0 Å². The number of aromatic nitrogens is 1. The highest BCUT2D eigenvalue weighted by Gasteiger charge is 2.15. The fourth-order valence-electron chi connectivity index (χ4n) is 3.36. The molecule has 7 heteroatoms. The van der Waals surface area contributed by atoms with Gasteiger partial charge in [-0.2, -0.15) is 0 Å². The Morgan fingerprint density at radius 2 is 1.86 bits per heavy atom. The van der Waals surface area contributed by atoms with Gasteiger partial charge in [-0.15, -0.1) is 24.0 Å². The number of piperazine rings is 1. The standard InChI is InChI=1S/C22H40N6.HI/c1-6-23-22(26-19(4)9-7-8-18(2)3)25-17-20-10-11-21(24-16-20)28-14-12-27(5)13-15-28;/h10-11,16,18-19H,6-9,12-15,17H2,1-5H3,(H2,23,25,26);1H. The van der Waals surface area contributed by atoms with Crippen molar-refractivity contribution in [1.82, 2.24) is 20.5 Å². The zero-order chi connectivity index (χ0) is 20.4. The maximum atomic E-state index is 4.75. The van der Waals surface area contributed by atoms with Crippen LogP contribution in [-0.2, 0) is 6.54 Å². The Balaban J connectivity index is 0.00000420. The topological polar surface area (TPSA) is 55.8 Å². The van der Waals surface area contributed by atoms with Gasteiger partial charge >= 0.3 is 0 Å². The Bertz CT molecular complexity index is 581. The van der Waals surface area contributed by atoms with Crippen molar-refractivity contribution in [3.8, 4) is 0 Å². The summed E-state index contributed by atoms with van der Waals surface area (Å²) >= 11 is 0. The lowest BCUT2D eigenvalue weighted by atomic mass is 10.0. The molecule has 1 atom stereocenters. The molecule has 1 unspecified atom stereocenters. The van der Waals surface area contributed by atoms with Gasteiger partial charge in [0.05, 0.1) is 6.54 Å². The number of anilines is 1. The van der Waals surface area contributed by atoms with Gasteiger partial charge in [0.1, 0.15) is 5.82 Å². The summed E-state index contributed by atoms with van der Waals surface area (Å²) in [5, 5.41) is 6.89. The third-order valence-electron chi connectivity index (χ3n) is 5.20. The van der Waals surface area contributed by atoms with Gasteiger partial charge in [-0.25, -0.2) is 9.98 Å². The molecule has 0 bridgehead atoms. The van der Waals surface area contributed by atoms with Crippen molar-refractivity contribution >= 4 is 35.8 Å². The predicted octanol–water partition coefficient (Wildman–Crippen LogP) is 3.72. The molecule has 1 aromatic rings. The minimum atomic E-state index is 0. The number of nitrogens with zero attached hydrogens (tertiary/aromatic N) is 4. The van der Waals surface area contributed by atoms with Crippen LogP contribution in [0.1, 0.15) is 52.5 Å². The van der Waals surface area contributed by atoms with Crippen LogP contribution < -0.4 is 15.5 Å². The maximum Gasteiger partial charge on any atom is 0.191 e. The van der Waals surface area contributed by atoms with E-state index in [1.54, 1.807) is 0 Å². The first-order valence-electron chi connectivity index (χ1n) is 10.9. The zero-order valence-electron chi connectivity index (χ0n) is 18.9. The lowest BCUT2D eigenvalue weighted by molar-refractivity contribution is 0.312. The predicted molar refractivity (Wildman–Crippen MR) is 135 cm³/mol. The quantitative estimate of drug-likeness (QED) is 0.298. The van der Waals surface area contributed by atoms with Gasteiger partial charge in [0.25, 0.3) is 0 Å². The van der Waals surface area contributed by atoms with Gasteiger partial charge < -0.3 is 20.4 Å². The number of aliphatic imine (C=N–C) groups is 1. The first-order chi connectivity index (χ1) is 13.5. The van der Waals surface area contributed by atoms with E-state index in [0.717, 1.165) is 56.0 Å². The highest BCUT2D eigenvalue weighted by molar-refractivity contribution is 14.0. The van der Waals surface area contributed by atoms with E-state index < -0.39 is 0 Å². The Morgan fingerprint density at radius 3 is 2.45 bits per heavy atom. The zero-order valence-corrected chi connectivity index (χ0v) is 21.3. The number of pyridine rings is 1. The van der Waals surface area contributed by atoms with Gasteiger partial charge in [-0.3, -0.25) is 0 Å². The lowest BCUT2D eigenvalue weighted by Gasteiger charge is -2.33. The summed E-state index contributed by atoms with van der Waals surface area (Å²) in [6.07, 6.45) is 5.67.